The van der Waals surface area contributed by atoms with Crippen molar-refractivity contribution in [3.05, 3.63) is 76.0 Å². The molecule has 0 aliphatic rings. The Balaban J connectivity index is 2.17. The lowest BCUT2D eigenvalue weighted by Gasteiger charge is -2.09. The van der Waals surface area contributed by atoms with E-state index in [0.29, 0.717) is 28.0 Å². The zero-order chi connectivity index (χ0) is 18.4. The van der Waals surface area contributed by atoms with Crippen molar-refractivity contribution < 1.29 is 24.5 Å². The van der Waals surface area contributed by atoms with Crippen molar-refractivity contribution in [2.75, 3.05) is 0 Å². The molecule has 0 saturated heterocycles. The SMILES string of the molecule is N#Cc1c(Cl)cccc1COc1cccc(C(=O)C=C(O)C(=O)O)c1. The monoisotopic (exact) mass is 357 g/mol. The average Bonchev–Trinajstić information content (AvgIpc) is 2.60. The first-order chi connectivity index (χ1) is 11.9. The molecule has 0 heterocycles. The van der Waals surface area contributed by atoms with Crippen LogP contribution in [0.5, 0.6) is 5.75 Å². The van der Waals surface area contributed by atoms with Crippen LogP contribution in [0, 0.1) is 11.3 Å². The van der Waals surface area contributed by atoms with Gasteiger partial charge in [0.15, 0.2) is 5.78 Å². The summed E-state index contributed by atoms with van der Waals surface area (Å²) in [6.45, 7) is 0.0668. The maximum Gasteiger partial charge on any atom is 0.371 e. The van der Waals surface area contributed by atoms with Crippen LogP contribution in [0.15, 0.2) is 54.3 Å². The van der Waals surface area contributed by atoms with Gasteiger partial charge in [-0.2, -0.15) is 5.26 Å². The molecule has 2 N–H and O–H groups in total. The van der Waals surface area contributed by atoms with E-state index in [1.807, 2.05) is 6.07 Å². The zero-order valence-corrected chi connectivity index (χ0v) is 13.5. The molecule has 0 radical (unpaired) electrons. The Morgan fingerprint density at radius 1 is 1.20 bits per heavy atom. The molecule has 0 amide bonds. The molecule has 0 saturated carbocycles. The first kappa shape index (κ1) is 18.0. The Kier molecular flexibility index (Phi) is 5.77. The number of carboxylic acid groups (broad SMARTS) is 1. The number of allylic oxidation sites excluding steroid dienone is 1. The van der Waals surface area contributed by atoms with Crippen molar-refractivity contribution in [2.45, 2.75) is 6.61 Å². The molecule has 0 fully saturated rings. The molecular formula is C18H12ClNO5. The minimum absolute atomic E-state index is 0.0668. The van der Waals surface area contributed by atoms with Crippen LogP contribution in [-0.2, 0) is 11.4 Å². The van der Waals surface area contributed by atoms with E-state index in [1.165, 1.54) is 12.1 Å². The molecule has 2 aromatic carbocycles. The molecule has 2 rings (SSSR count). The van der Waals surface area contributed by atoms with E-state index < -0.39 is 17.5 Å². The number of halogens is 1. The van der Waals surface area contributed by atoms with Crippen LogP contribution in [0.25, 0.3) is 0 Å². The zero-order valence-electron chi connectivity index (χ0n) is 12.8. The lowest BCUT2D eigenvalue weighted by atomic mass is 10.1. The molecule has 25 heavy (non-hydrogen) atoms. The number of aliphatic carboxylic acids is 1. The van der Waals surface area contributed by atoms with E-state index in [9.17, 15) is 9.59 Å². The van der Waals surface area contributed by atoms with Crippen molar-refractivity contribution >= 4 is 23.4 Å². The summed E-state index contributed by atoms with van der Waals surface area (Å²) in [5.74, 6) is -2.97. The van der Waals surface area contributed by atoms with Crippen LogP contribution in [0.3, 0.4) is 0 Å². The van der Waals surface area contributed by atoms with Gasteiger partial charge < -0.3 is 14.9 Å². The predicted octanol–water partition coefficient (Wildman–Crippen LogP) is 3.50. The van der Waals surface area contributed by atoms with Gasteiger partial charge in [-0.05, 0) is 18.2 Å². The van der Waals surface area contributed by atoms with E-state index in [-0.39, 0.29) is 12.2 Å². The molecule has 0 aliphatic carbocycles. The summed E-state index contributed by atoms with van der Waals surface area (Å²) in [6.07, 6.45) is 0.617. The molecule has 2 aromatic rings. The van der Waals surface area contributed by atoms with Gasteiger partial charge in [-0.15, -0.1) is 0 Å². The number of ketones is 1. The Bertz CT molecular complexity index is 899. The molecule has 6 nitrogen and oxygen atoms in total. The number of carboxylic acids is 1. The smallest absolute Gasteiger partial charge is 0.371 e. The Morgan fingerprint density at radius 2 is 1.92 bits per heavy atom. The summed E-state index contributed by atoms with van der Waals surface area (Å²) in [4.78, 5) is 22.5. The highest BCUT2D eigenvalue weighted by Gasteiger charge is 2.11. The number of aliphatic hydroxyl groups excluding tert-OH is 1. The molecule has 0 aliphatic heterocycles. The van der Waals surface area contributed by atoms with Gasteiger partial charge in [-0.3, -0.25) is 4.79 Å². The van der Waals surface area contributed by atoms with Crippen molar-refractivity contribution in [3.63, 3.8) is 0 Å². The number of hydrogen-bond donors (Lipinski definition) is 2. The third-order valence-electron chi connectivity index (χ3n) is 3.21. The highest BCUT2D eigenvalue weighted by Crippen LogP contribution is 2.21. The third kappa shape index (κ3) is 4.59. The Morgan fingerprint density at radius 3 is 2.60 bits per heavy atom. The summed E-state index contributed by atoms with van der Waals surface area (Å²) in [5.41, 5.74) is 1.05. The number of nitriles is 1. The molecule has 0 unspecified atom stereocenters. The molecule has 0 atom stereocenters. The van der Waals surface area contributed by atoms with Crippen LogP contribution in [-0.4, -0.2) is 22.0 Å². The largest absolute Gasteiger partial charge is 0.502 e. The second kappa shape index (κ2) is 7.99. The van der Waals surface area contributed by atoms with Crippen LogP contribution in [0.1, 0.15) is 21.5 Å². The van der Waals surface area contributed by atoms with E-state index in [4.69, 9.17) is 31.8 Å². The summed E-state index contributed by atoms with van der Waals surface area (Å²) in [7, 11) is 0. The van der Waals surface area contributed by atoms with Crippen molar-refractivity contribution in [1.82, 2.24) is 0 Å². The summed E-state index contributed by atoms with van der Waals surface area (Å²) in [6, 6.07) is 13.0. The van der Waals surface area contributed by atoms with Gasteiger partial charge in [0.05, 0.1) is 10.6 Å². The highest BCUT2D eigenvalue weighted by molar-refractivity contribution is 6.31. The number of carbonyl (C=O) groups excluding carboxylic acids is 1. The minimum atomic E-state index is -1.59. The number of carbonyl (C=O) groups is 2. The van der Waals surface area contributed by atoms with Crippen molar-refractivity contribution in [2.24, 2.45) is 0 Å². The second-order valence-corrected chi connectivity index (χ2v) is 5.31. The highest BCUT2D eigenvalue weighted by atomic mass is 35.5. The van der Waals surface area contributed by atoms with Gasteiger partial charge in [0.1, 0.15) is 18.4 Å². The van der Waals surface area contributed by atoms with Crippen LogP contribution < -0.4 is 4.74 Å². The average molecular weight is 358 g/mol. The second-order valence-electron chi connectivity index (χ2n) is 4.90. The first-order valence-corrected chi connectivity index (χ1v) is 7.39. The van der Waals surface area contributed by atoms with Gasteiger partial charge in [-0.1, -0.05) is 35.9 Å². The van der Waals surface area contributed by atoms with Crippen molar-refractivity contribution in [3.8, 4) is 11.8 Å². The van der Waals surface area contributed by atoms with Gasteiger partial charge in [-0.25, -0.2) is 4.79 Å². The maximum atomic E-state index is 11.9. The maximum absolute atomic E-state index is 11.9. The fourth-order valence-electron chi connectivity index (χ4n) is 1.98. The fourth-order valence-corrected chi connectivity index (χ4v) is 2.22. The minimum Gasteiger partial charge on any atom is -0.502 e. The van der Waals surface area contributed by atoms with Crippen molar-refractivity contribution in [1.29, 1.82) is 5.26 Å². The predicted molar refractivity (Wildman–Crippen MR) is 89.6 cm³/mol. The fraction of sp³-hybridized carbons (Fsp3) is 0.0556. The van der Waals surface area contributed by atoms with Crippen LogP contribution >= 0.6 is 11.6 Å². The molecule has 126 valence electrons. The lowest BCUT2D eigenvalue weighted by Crippen LogP contribution is -2.04. The number of hydrogen-bond acceptors (Lipinski definition) is 5. The normalized spacial score (nSPS) is 10.8. The molecule has 7 heteroatoms. The van der Waals surface area contributed by atoms with E-state index in [0.717, 1.165) is 0 Å². The van der Waals surface area contributed by atoms with Gasteiger partial charge in [0, 0.05) is 17.2 Å². The Hall–Kier alpha value is -3.30. The molecular weight excluding hydrogens is 346 g/mol. The molecule has 0 aromatic heterocycles. The number of rotatable bonds is 6. The number of aliphatic hydroxyl groups is 1. The first-order valence-electron chi connectivity index (χ1n) is 7.01. The lowest BCUT2D eigenvalue weighted by molar-refractivity contribution is -0.135. The van der Waals surface area contributed by atoms with E-state index >= 15 is 0 Å². The standard InChI is InChI=1S/C18H12ClNO5/c19-15-6-2-4-12(14(15)9-20)10-25-13-5-1-3-11(7-13)16(21)8-17(22)18(23)24/h1-8,22H,10H2,(H,23,24). The van der Waals surface area contributed by atoms with Gasteiger partial charge >= 0.3 is 5.97 Å². The quantitative estimate of drug-likeness (QED) is 0.465. The topological polar surface area (TPSA) is 108 Å². The Labute approximate surface area is 148 Å². The van der Waals surface area contributed by atoms with Gasteiger partial charge in [0.2, 0.25) is 5.76 Å². The van der Waals surface area contributed by atoms with Crippen LogP contribution in [0.2, 0.25) is 5.02 Å². The molecule has 0 spiro atoms. The summed E-state index contributed by atoms with van der Waals surface area (Å²) in [5, 5.41) is 27.2. The van der Waals surface area contributed by atoms with E-state index in [1.54, 1.807) is 30.3 Å². The van der Waals surface area contributed by atoms with Crippen LogP contribution in [0.4, 0.5) is 0 Å². The number of ether oxygens (including phenoxy) is 1. The summed E-state index contributed by atoms with van der Waals surface area (Å²) >= 11 is 5.95. The molecule has 0 bridgehead atoms. The number of nitrogens with zero attached hydrogens (tertiary/aromatic N) is 1. The number of benzene rings is 2. The van der Waals surface area contributed by atoms with Gasteiger partial charge in [0.25, 0.3) is 0 Å². The third-order valence-corrected chi connectivity index (χ3v) is 3.53. The van der Waals surface area contributed by atoms with E-state index in [2.05, 4.69) is 0 Å². The summed E-state index contributed by atoms with van der Waals surface area (Å²) < 4.78 is 5.57.